The molecule has 3 fully saturated rings. The van der Waals surface area contributed by atoms with Crippen molar-refractivity contribution in [1.29, 1.82) is 5.26 Å². The van der Waals surface area contributed by atoms with Gasteiger partial charge in [-0.3, -0.25) is 0 Å². The lowest BCUT2D eigenvalue weighted by Crippen LogP contribution is -2.28. The fraction of sp³-hybridized carbons (Fsp3) is 0.968. The lowest BCUT2D eigenvalue weighted by atomic mass is 9.66. The molecular formula is C31H55N. The molecule has 1 atom stereocenters. The van der Waals surface area contributed by atoms with E-state index >= 15 is 0 Å². The van der Waals surface area contributed by atoms with Gasteiger partial charge in [0.15, 0.2) is 0 Å². The first kappa shape index (κ1) is 26.1. The predicted molar refractivity (Wildman–Crippen MR) is 138 cm³/mol. The van der Waals surface area contributed by atoms with Crippen molar-refractivity contribution in [1.82, 2.24) is 0 Å². The predicted octanol–water partition coefficient (Wildman–Crippen LogP) is 10.1. The Kier molecular flexibility index (Phi) is 12.0. The van der Waals surface area contributed by atoms with Crippen LogP contribution in [-0.4, -0.2) is 0 Å². The van der Waals surface area contributed by atoms with Crippen molar-refractivity contribution < 1.29 is 0 Å². The van der Waals surface area contributed by atoms with Gasteiger partial charge in [0, 0.05) is 5.92 Å². The van der Waals surface area contributed by atoms with E-state index in [9.17, 15) is 5.26 Å². The summed E-state index contributed by atoms with van der Waals surface area (Å²) in [6.45, 7) is 4.63. The van der Waals surface area contributed by atoms with E-state index in [1.807, 2.05) is 0 Å². The van der Waals surface area contributed by atoms with Crippen molar-refractivity contribution in [3.05, 3.63) is 0 Å². The number of hydrogen-bond acceptors (Lipinski definition) is 1. The second kappa shape index (κ2) is 14.7. The minimum absolute atomic E-state index is 0.353. The fourth-order valence-corrected chi connectivity index (χ4v) is 7.80. The molecule has 0 amide bonds. The zero-order valence-corrected chi connectivity index (χ0v) is 21.8. The van der Waals surface area contributed by atoms with Crippen LogP contribution >= 0.6 is 0 Å². The van der Waals surface area contributed by atoms with Gasteiger partial charge in [-0.15, -0.1) is 0 Å². The maximum atomic E-state index is 9.96. The number of unbranched alkanes of at least 4 members (excludes halogenated alkanes) is 4. The van der Waals surface area contributed by atoms with Crippen molar-refractivity contribution in [2.24, 2.45) is 41.4 Å². The van der Waals surface area contributed by atoms with Crippen LogP contribution in [-0.2, 0) is 0 Å². The topological polar surface area (TPSA) is 23.8 Å². The van der Waals surface area contributed by atoms with Crippen LogP contribution in [0.25, 0.3) is 0 Å². The summed E-state index contributed by atoms with van der Waals surface area (Å²) in [7, 11) is 0. The van der Waals surface area contributed by atoms with Gasteiger partial charge in [0.2, 0.25) is 0 Å². The SMILES string of the molecule is CCCCCC1CCC(C(C#N)CC2CCC(C3CCC(CCCCC)CC3)CC2)CC1. The third-order valence-electron chi connectivity index (χ3n) is 10.1. The third kappa shape index (κ3) is 8.37. The second-order valence-electron chi connectivity index (χ2n) is 12.3. The number of nitriles is 1. The molecule has 1 heteroatoms. The van der Waals surface area contributed by atoms with Gasteiger partial charge in [0.25, 0.3) is 0 Å². The van der Waals surface area contributed by atoms with Crippen LogP contribution < -0.4 is 0 Å². The van der Waals surface area contributed by atoms with Gasteiger partial charge in [-0.05, 0) is 80.5 Å². The molecule has 0 saturated heterocycles. The highest BCUT2D eigenvalue weighted by atomic mass is 14.4. The van der Waals surface area contributed by atoms with Crippen LogP contribution in [0.5, 0.6) is 0 Å². The van der Waals surface area contributed by atoms with Crippen LogP contribution in [0.2, 0.25) is 0 Å². The molecule has 32 heavy (non-hydrogen) atoms. The van der Waals surface area contributed by atoms with E-state index in [1.165, 1.54) is 135 Å². The van der Waals surface area contributed by atoms with E-state index in [-0.39, 0.29) is 0 Å². The maximum Gasteiger partial charge on any atom is 0.0658 e. The summed E-state index contributed by atoms with van der Waals surface area (Å²) in [4.78, 5) is 0. The standard InChI is InChI=1S/C31H55N/c1-3-5-7-9-25-11-17-28(18-12-25)29-21-15-27(16-22-29)23-31(24-32)30-19-13-26(14-20-30)10-8-6-4-2/h25-31H,3-23H2,1-2H3. The van der Waals surface area contributed by atoms with Gasteiger partial charge in [0.05, 0.1) is 6.07 Å². The Morgan fingerprint density at radius 3 is 1.47 bits per heavy atom. The zero-order valence-electron chi connectivity index (χ0n) is 21.8. The summed E-state index contributed by atoms with van der Waals surface area (Å²) in [6, 6.07) is 2.79. The first-order valence-corrected chi connectivity index (χ1v) is 15.1. The lowest BCUT2D eigenvalue weighted by Gasteiger charge is -2.39. The van der Waals surface area contributed by atoms with Gasteiger partial charge >= 0.3 is 0 Å². The third-order valence-corrected chi connectivity index (χ3v) is 10.1. The van der Waals surface area contributed by atoms with Gasteiger partial charge < -0.3 is 0 Å². The van der Waals surface area contributed by atoms with Gasteiger partial charge in [-0.25, -0.2) is 0 Å². The molecule has 0 aromatic carbocycles. The van der Waals surface area contributed by atoms with E-state index in [4.69, 9.17) is 0 Å². The molecular weight excluding hydrogens is 386 g/mol. The molecule has 0 aliphatic heterocycles. The summed E-state index contributed by atoms with van der Waals surface area (Å²) in [5.74, 6) is 5.98. The molecule has 3 aliphatic carbocycles. The molecule has 0 heterocycles. The van der Waals surface area contributed by atoms with Gasteiger partial charge in [-0.1, -0.05) is 104 Å². The molecule has 0 radical (unpaired) electrons. The molecule has 0 spiro atoms. The second-order valence-corrected chi connectivity index (χ2v) is 12.3. The van der Waals surface area contributed by atoms with Gasteiger partial charge in [0.1, 0.15) is 0 Å². The average Bonchev–Trinajstić information content (AvgIpc) is 2.84. The smallest absolute Gasteiger partial charge is 0.0658 e. The van der Waals surface area contributed by atoms with E-state index in [2.05, 4.69) is 19.9 Å². The summed E-state index contributed by atoms with van der Waals surface area (Å²) >= 11 is 0. The first-order chi connectivity index (χ1) is 15.7. The Hall–Kier alpha value is -0.510. The summed E-state index contributed by atoms with van der Waals surface area (Å²) < 4.78 is 0. The Labute approximate surface area is 201 Å². The summed E-state index contributed by atoms with van der Waals surface area (Å²) in [6.07, 6.45) is 30.0. The van der Waals surface area contributed by atoms with E-state index < -0.39 is 0 Å². The van der Waals surface area contributed by atoms with Crippen LogP contribution in [0.1, 0.15) is 149 Å². The molecule has 0 N–H and O–H groups in total. The molecule has 3 aliphatic rings. The monoisotopic (exact) mass is 441 g/mol. The first-order valence-electron chi connectivity index (χ1n) is 15.1. The van der Waals surface area contributed by atoms with Crippen molar-refractivity contribution in [2.75, 3.05) is 0 Å². The summed E-state index contributed by atoms with van der Waals surface area (Å²) in [5, 5.41) is 9.96. The highest BCUT2D eigenvalue weighted by Crippen LogP contribution is 2.45. The Bertz CT molecular complexity index is 509. The van der Waals surface area contributed by atoms with Crippen molar-refractivity contribution >= 4 is 0 Å². The van der Waals surface area contributed by atoms with Crippen molar-refractivity contribution in [3.63, 3.8) is 0 Å². The maximum absolute atomic E-state index is 9.96. The zero-order chi connectivity index (χ0) is 22.6. The Morgan fingerprint density at radius 1 is 0.594 bits per heavy atom. The quantitative estimate of drug-likeness (QED) is 0.276. The van der Waals surface area contributed by atoms with E-state index in [0.717, 1.165) is 29.6 Å². The van der Waals surface area contributed by atoms with Crippen LogP contribution in [0.15, 0.2) is 0 Å². The molecule has 3 saturated carbocycles. The number of rotatable bonds is 12. The highest BCUT2D eigenvalue weighted by Gasteiger charge is 2.33. The average molecular weight is 442 g/mol. The molecule has 0 aromatic heterocycles. The molecule has 0 aromatic rings. The Morgan fingerprint density at radius 2 is 1.03 bits per heavy atom. The van der Waals surface area contributed by atoms with Crippen molar-refractivity contribution in [3.8, 4) is 6.07 Å². The number of hydrogen-bond donors (Lipinski definition) is 0. The largest absolute Gasteiger partial charge is 0.198 e. The normalized spacial score (nSPS) is 34.7. The van der Waals surface area contributed by atoms with Crippen LogP contribution in [0.4, 0.5) is 0 Å². The van der Waals surface area contributed by atoms with E-state index in [1.54, 1.807) is 0 Å². The highest BCUT2D eigenvalue weighted by molar-refractivity contribution is 4.93. The minimum atomic E-state index is 0.353. The lowest BCUT2D eigenvalue weighted by molar-refractivity contribution is 0.128. The summed E-state index contributed by atoms with van der Waals surface area (Å²) in [5.41, 5.74) is 0. The minimum Gasteiger partial charge on any atom is -0.198 e. The molecule has 1 nitrogen and oxygen atoms in total. The van der Waals surface area contributed by atoms with Crippen LogP contribution in [0.3, 0.4) is 0 Å². The number of nitrogens with zero attached hydrogens (tertiary/aromatic N) is 1. The van der Waals surface area contributed by atoms with E-state index in [0.29, 0.717) is 11.8 Å². The molecule has 0 bridgehead atoms. The molecule has 1 unspecified atom stereocenters. The van der Waals surface area contributed by atoms with Crippen LogP contribution in [0, 0.1) is 52.8 Å². The fourth-order valence-electron chi connectivity index (χ4n) is 7.80. The molecule has 3 rings (SSSR count). The molecule has 184 valence electrons. The Balaban J connectivity index is 1.32. The van der Waals surface area contributed by atoms with Gasteiger partial charge in [-0.2, -0.15) is 5.26 Å². The van der Waals surface area contributed by atoms with Crippen molar-refractivity contribution in [2.45, 2.75) is 149 Å².